The predicted molar refractivity (Wildman–Crippen MR) is 31.5 cm³/mol. The minimum Gasteiger partial charge on any atom is -0.393 e. The van der Waals surface area contributed by atoms with Gasteiger partial charge < -0.3 is 5.11 Å². The van der Waals surface area contributed by atoms with Crippen LogP contribution in [0.5, 0.6) is 0 Å². The Bertz CT molecular complexity index is 63.4. The molecule has 0 aliphatic heterocycles. The van der Waals surface area contributed by atoms with Gasteiger partial charge in [-0.15, -0.1) is 0 Å². The molecule has 0 bridgehead atoms. The van der Waals surface area contributed by atoms with E-state index in [1.165, 1.54) is 13.8 Å². The molecule has 1 nitrogen and oxygen atoms in total. The van der Waals surface area contributed by atoms with Crippen LogP contribution in [0.3, 0.4) is 0 Å². The highest BCUT2D eigenvalue weighted by Crippen LogP contribution is 2.15. The third-order valence-corrected chi connectivity index (χ3v) is 0.781. The molecule has 0 radical (unpaired) electrons. The smallest absolute Gasteiger partial charge is 0.108 e. The molecule has 0 fully saturated rings. The first-order valence-electron chi connectivity index (χ1n) is 2.79. The predicted octanol–water partition coefficient (Wildman–Crippen LogP) is 1.51. The molecule has 0 rings (SSSR count). The highest BCUT2D eigenvalue weighted by Gasteiger charge is 2.17. The molecule has 0 amide bonds. The summed E-state index contributed by atoms with van der Waals surface area (Å²) in [6.45, 7) is 4.50. The number of hydrogen-bond acceptors (Lipinski definition) is 1. The van der Waals surface area contributed by atoms with E-state index in [2.05, 4.69) is 0 Å². The number of halogens is 1. The highest BCUT2D eigenvalue weighted by atomic mass is 19.1. The average Bonchev–Trinajstić information content (AvgIpc) is 1.21. The zero-order valence-corrected chi connectivity index (χ0v) is 5.61. The fourth-order valence-electron chi connectivity index (χ4n) is 0.702. The van der Waals surface area contributed by atoms with Gasteiger partial charge in [-0.05, 0) is 20.8 Å². The molecule has 0 saturated carbocycles. The molecule has 2 heteroatoms. The van der Waals surface area contributed by atoms with E-state index in [1.54, 1.807) is 6.92 Å². The van der Waals surface area contributed by atoms with Gasteiger partial charge in [-0.3, -0.25) is 0 Å². The molecule has 0 aromatic carbocycles. The molecular formula is C6H13FO. The quantitative estimate of drug-likeness (QED) is 0.585. The van der Waals surface area contributed by atoms with Gasteiger partial charge in [-0.1, -0.05) is 0 Å². The van der Waals surface area contributed by atoms with Crippen molar-refractivity contribution in [2.45, 2.75) is 39.0 Å². The van der Waals surface area contributed by atoms with Crippen LogP contribution in [0.15, 0.2) is 0 Å². The molecule has 50 valence electrons. The van der Waals surface area contributed by atoms with Crippen molar-refractivity contribution in [3.05, 3.63) is 0 Å². The fraction of sp³-hybridized carbons (Fsp3) is 1.00. The Morgan fingerprint density at radius 1 is 1.62 bits per heavy atom. The SMILES string of the molecule is CC(O)CC(C)(C)F. The maximum absolute atomic E-state index is 12.5. The van der Waals surface area contributed by atoms with Gasteiger partial charge in [-0.25, -0.2) is 4.39 Å². The van der Waals surface area contributed by atoms with Crippen LogP contribution >= 0.6 is 0 Å². The Morgan fingerprint density at radius 2 is 2.00 bits per heavy atom. The summed E-state index contributed by atoms with van der Waals surface area (Å²) in [5.41, 5.74) is -1.23. The van der Waals surface area contributed by atoms with E-state index < -0.39 is 11.8 Å². The van der Waals surface area contributed by atoms with Crippen LogP contribution in [-0.4, -0.2) is 16.9 Å². The number of hydrogen-bond donors (Lipinski definition) is 1. The molecule has 0 aliphatic rings. The third kappa shape index (κ3) is 5.89. The average molecular weight is 120 g/mol. The van der Waals surface area contributed by atoms with Crippen LogP contribution in [0.2, 0.25) is 0 Å². The number of aliphatic hydroxyl groups excluding tert-OH is 1. The second-order valence-corrected chi connectivity index (χ2v) is 2.77. The first-order valence-corrected chi connectivity index (χ1v) is 2.79. The van der Waals surface area contributed by atoms with E-state index in [-0.39, 0.29) is 6.42 Å². The van der Waals surface area contributed by atoms with E-state index in [0.29, 0.717) is 0 Å². The Kier molecular flexibility index (Phi) is 2.41. The zero-order chi connectivity index (χ0) is 6.78. The molecule has 0 heterocycles. The van der Waals surface area contributed by atoms with Crippen molar-refractivity contribution in [2.24, 2.45) is 0 Å². The zero-order valence-electron chi connectivity index (χ0n) is 5.61. The van der Waals surface area contributed by atoms with Crippen molar-refractivity contribution >= 4 is 0 Å². The van der Waals surface area contributed by atoms with Crippen LogP contribution in [0.4, 0.5) is 4.39 Å². The first kappa shape index (κ1) is 7.89. The second-order valence-electron chi connectivity index (χ2n) is 2.77. The normalized spacial score (nSPS) is 16.1. The van der Waals surface area contributed by atoms with Gasteiger partial charge in [-0.2, -0.15) is 0 Å². The van der Waals surface area contributed by atoms with Crippen LogP contribution in [0.25, 0.3) is 0 Å². The molecule has 0 aromatic rings. The monoisotopic (exact) mass is 120 g/mol. The minimum atomic E-state index is -1.23. The van der Waals surface area contributed by atoms with Crippen molar-refractivity contribution in [1.82, 2.24) is 0 Å². The van der Waals surface area contributed by atoms with Gasteiger partial charge in [0.25, 0.3) is 0 Å². The molecule has 1 atom stereocenters. The lowest BCUT2D eigenvalue weighted by atomic mass is 10.0. The summed E-state index contributed by atoms with van der Waals surface area (Å²) in [6.07, 6.45) is -0.317. The molecule has 0 aliphatic carbocycles. The third-order valence-electron chi connectivity index (χ3n) is 0.781. The van der Waals surface area contributed by atoms with E-state index >= 15 is 0 Å². The van der Waals surface area contributed by atoms with Crippen molar-refractivity contribution in [3.63, 3.8) is 0 Å². The van der Waals surface area contributed by atoms with Gasteiger partial charge in [0.15, 0.2) is 0 Å². The summed E-state index contributed by atoms with van der Waals surface area (Å²) < 4.78 is 12.5. The lowest BCUT2D eigenvalue weighted by Gasteiger charge is -2.14. The molecule has 0 saturated heterocycles. The molecule has 1 N–H and O–H groups in total. The fourth-order valence-corrected chi connectivity index (χ4v) is 0.702. The molecule has 8 heavy (non-hydrogen) atoms. The van der Waals surface area contributed by atoms with Gasteiger partial charge in [0.2, 0.25) is 0 Å². The van der Waals surface area contributed by atoms with Crippen molar-refractivity contribution in [1.29, 1.82) is 0 Å². The maximum Gasteiger partial charge on any atom is 0.108 e. The van der Waals surface area contributed by atoms with Crippen molar-refractivity contribution in [2.75, 3.05) is 0 Å². The standard InChI is InChI=1S/C6H13FO/c1-5(8)4-6(2,3)7/h5,8H,4H2,1-3H3. The Hall–Kier alpha value is -0.110. The largest absolute Gasteiger partial charge is 0.393 e. The Balaban J connectivity index is 3.39. The first-order chi connectivity index (χ1) is 3.42. The summed E-state index contributed by atoms with van der Waals surface area (Å²) in [5, 5.41) is 8.65. The number of alkyl halides is 1. The lowest BCUT2D eigenvalue weighted by molar-refractivity contribution is 0.0976. The van der Waals surface area contributed by atoms with Gasteiger partial charge in [0.05, 0.1) is 6.10 Å². The molecular weight excluding hydrogens is 107 g/mol. The Morgan fingerprint density at radius 3 is 2.00 bits per heavy atom. The summed E-state index contributed by atoms with van der Waals surface area (Å²) in [6, 6.07) is 0. The van der Waals surface area contributed by atoms with E-state index in [0.717, 1.165) is 0 Å². The van der Waals surface area contributed by atoms with Crippen molar-refractivity contribution in [3.8, 4) is 0 Å². The van der Waals surface area contributed by atoms with Gasteiger partial charge >= 0.3 is 0 Å². The maximum atomic E-state index is 12.5. The van der Waals surface area contributed by atoms with Crippen LogP contribution in [-0.2, 0) is 0 Å². The van der Waals surface area contributed by atoms with Crippen molar-refractivity contribution < 1.29 is 9.50 Å². The molecule has 0 spiro atoms. The summed E-state index contributed by atoms with van der Waals surface area (Å²) >= 11 is 0. The van der Waals surface area contributed by atoms with Gasteiger partial charge in [0, 0.05) is 6.42 Å². The molecule has 1 unspecified atom stereocenters. The second kappa shape index (κ2) is 2.44. The van der Waals surface area contributed by atoms with E-state index in [4.69, 9.17) is 5.11 Å². The Labute approximate surface area is 49.5 Å². The summed E-state index contributed by atoms with van der Waals surface area (Å²) in [5.74, 6) is 0. The van der Waals surface area contributed by atoms with Crippen LogP contribution in [0, 0.1) is 0 Å². The van der Waals surface area contributed by atoms with E-state index in [1.807, 2.05) is 0 Å². The van der Waals surface area contributed by atoms with Crippen LogP contribution in [0.1, 0.15) is 27.2 Å². The summed E-state index contributed by atoms with van der Waals surface area (Å²) in [7, 11) is 0. The highest BCUT2D eigenvalue weighted by molar-refractivity contribution is 4.68. The van der Waals surface area contributed by atoms with E-state index in [9.17, 15) is 4.39 Å². The number of aliphatic hydroxyl groups is 1. The minimum absolute atomic E-state index is 0.215. The lowest BCUT2D eigenvalue weighted by Crippen LogP contribution is -2.18. The summed E-state index contributed by atoms with van der Waals surface area (Å²) in [4.78, 5) is 0. The number of rotatable bonds is 2. The van der Waals surface area contributed by atoms with Crippen LogP contribution < -0.4 is 0 Å². The van der Waals surface area contributed by atoms with Gasteiger partial charge in [0.1, 0.15) is 5.67 Å². The topological polar surface area (TPSA) is 20.2 Å². The molecule has 0 aromatic heterocycles.